The highest BCUT2D eigenvalue weighted by molar-refractivity contribution is 9.10. The molecular weight excluding hydrogens is 508 g/mol. The van der Waals surface area contributed by atoms with Crippen molar-refractivity contribution in [3.05, 3.63) is 69.2 Å². The van der Waals surface area contributed by atoms with E-state index in [1.165, 1.54) is 12.1 Å². The summed E-state index contributed by atoms with van der Waals surface area (Å²) in [6.07, 6.45) is 3.63. The van der Waals surface area contributed by atoms with Gasteiger partial charge < -0.3 is 15.7 Å². The van der Waals surface area contributed by atoms with Crippen molar-refractivity contribution in [3.63, 3.8) is 0 Å². The number of carbonyl (C=O) groups excluding carboxylic acids is 2. The first-order valence-electron chi connectivity index (χ1n) is 12.3. The predicted molar refractivity (Wildman–Crippen MR) is 138 cm³/mol. The summed E-state index contributed by atoms with van der Waals surface area (Å²) in [4.78, 5) is 40.7. The number of aromatic carboxylic acids is 1. The fourth-order valence-corrected chi connectivity index (χ4v) is 6.66. The van der Waals surface area contributed by atoms with Crippen LogP contribution in [0.4, 0.5) is 0 Å². The molecule has 4 rings (SSSR count). The molecule has 35 heavy (non-hydrogen) atoms. The molecule has 7 heteroatoms. The topological polar surface area (TPSA) is 101 Å². The monoisotopic (exact) mass is 540 g/mol. The number of carboxylic acid groups (broad SMARTS) is 1. The number of Topliss-reactive ketones (excluding diaryl/α,β-unsaturated/α-hetero) is 1. The summed E-state index contributed by atoms with van der Waals surface area (Å²) in [7, 11) is 0. The number of hydrogen-bond acceptors (Lipinski definition) is 4. The number of benzene rings is 2. The van der Waals surface area contributed by atoms with Gasteiger partial charge in [0, 0.05) is 28.8 Å². The fraction of sp³-hybridized carbons (Fsp3) is 0.464. The van der Waals surface area contributed by atoms with Crippen molar-refractivity contribution in [2.75, 3.05) is 13.1 Å². The summed E-state index contributed by atoms with van der Waals surface area (Å²) in [5, 5.41) is 9.18. The van der Waals surface area contributed by atoms with Crippen LogP contribution in [0.2, 0.25) is 0 Å². The molecule has 0 spiro atoms. The summed E-state index contributed by atoms with van der Waals surface area (Å²) in [5.41, 5.74) is 8.38. The molecule has 1 amide bonds. The average molecular weight is 541 g/mol. The van der Waals surface area contributed by atoms with Crippen molar-refractivity contribution >= 4 is 33.6 Å². The van der Waals surface area contributed by atoms with Gasteiger partial charge in [-0.25, -0.2) is 4.79 Å². The van der Waals surface area contributed by atoms with E-state index in [-0.39, 0.29) is 35.0 Å². The number of carbonyl (C=O) groups is 3. The third kappa shape index (κ3) is 5.21. The lowest BCUT2D eigenvalue weighted by molar-refractivity contribution is -0.146. The van der Waals surface area contributed by atoms with Gasteiger partial charge in [0.2, 0.25) is 5.91 Å². The van der Waals surface area contributed by atoms with Gasteiger partial charge in [-0.1, -0.05) is 54.0 Å². The Hall–Kier alpha value is -2.51. The van der Waals surface area contributed by atoms with E-state index in [1.54, 1.807) is 12.1 Å². The number of rotatable bonds is 6. The first-order valence-corrected chi connectivity index (χ1v) is 13.1. The Morgan fingerprint density at radius 1 is 1.06 bits per heavy atom. The third-order valence-corrected chi connectivity index (χ3v) is 8.25. The van der Waals surface area contributed by atoms with Crippen LogP contribution < -0.4 is 5.73 Å². The standard InChI is InChI=1S/C28H33BrN2O4/c1-28(2)16-31(26(33)19-10-8-18(15-30)9-11-19)25(21-4-3-5-22(29)24(21)28)23(32)14-17-6-12-20(13-7-17)27(34)35/h3-7,12-13,18-19,25H,8-11,14-16,30H2,1-2H3,(H,34,35). The van der Waals surface area contributed by atoms with E-state index < -0.39 is 12.0 Å². The maximum absolute atomic E-state index is 13.9. The summed E-state index contributed by atoms with van der Waals surface area (Å²) in [5.74, 6) is -0.629. The molecule has 1 aliphatic heterocycles. The molecule has 186 valence electrons. The van der Waals surface area contributed by atoms with E-state index in [2.05, 4.69) is 29.8 Å². The molecule has 0 radical (unpaired) electrons. The van der Waals surface area contributed by atoms with Gasteiger partial charge in [-0.15, -0.1) is 0 Å². The van der Waals surface area contributed by atoms with Crippen molar-refractivity contribution in [1.29, 1.82) is 0 Å². The van der Waals surface area contributed by atoms with Gasteiger partial charge in [-0.05, 0) is 73.0 Å². The van der Waals surface area contributed by atoms with Crippen LogP contribution in [0, 0.1) is 11.8 Å². The smallest absolute Gasteiger partial charge is 0.335 e. The van der Waals surface area contributed by atoms with Crippen LogP contribution >= 0.6 is 15.9 Å². The molecule has 2 aromatic rings. The highest BCUT2D eigenvalue weighted by atomic mass is 79.9. The minimum Gasteiger partial charge on any atom is -0.478 e. The molecular formula is C28H33BrN2O4. The van der Waals surface area contributed by atoms with E-state index >= 15 is 0 Å². The number of fused-ring (bicyclic) bond motifs is 1. The zero-order valence-corrected chi connectivity index (χ0v) is 21.9. The number of ketones is 1. The number of carboxylic acids is 1. The quantitative estimate of drug-likeness (QED) is 0.543. The molecule has 1 aliphatic carbocycles. The van der Waals surface area contributed by atoms with E-state index in [0.717, 1.165) is 46.8 Å². The fourth-order valence-electron chi connectivity index (χ4n) is 5.74. The first-order chi connectivity index (χ1) is 16.6. The number of amides is 1. The molecule has 3 N–H and O–H groups in total. The van der Waals surface area contributed by atoms with Gasteiger partial charge in [-0.3, -0.25) is 9.59 Å². The van der Waals surface area contributed by atoms with Crippen LogP contribution in [-0.4, -0.2) is 40.8 Å². The minimum atomic E-state index is -1.00. The lowest BCUT2D eigenvalue weighted by Gasteiger charge is -2.46. The first kappa shape index (κ1) is 25.6. The van der Waals surface area contributed by atoms with Crippen LogP contribution in [-0.2, 0) is 21.4 Å². The Morgan fingerprint density at radius 2 is 1.71 bits per heavy atom. The number of hydrogen-bond donors (Lipinski definition) is 2. The van der Waals surface area contributed by atoms with E-state index in [9.17, 15) is 19.5 Å². The Bertz CT molecular complexity index is 1120. The van der Waals surface area contributed by atoms with Gasteiger partial charge in [-0.2, -0.15) is 0 Å². The van der Waals surface area contributed by atoms with Crippen molar-refractivity contribution < 1.29 is 19.5 Å². The maximum Gasteiger partial charge on any atom is 0.335 e. The highest BCUT2D eigenvalue weighted by Crippen LogP contribution is 2.45. The van der Waals surface area contributed by atoms with Crippen LogP contribution in [0.3, 0.4) is 0 Å². The van der Waals surface area contributed by atoms with Gasteiger partial charge in [0.15, 0.2) is 5.78 Å². The van der Waals surface area contributed by atoms with Crippen molar-refractivity contribution in [2.45, 2.75) is 57.4 Å². The van der Waals surface area contributed by atoms with E-state index in [1.807, 2.05) is 23.1 Å². The van der Waals surface area contributed by atoms with E-state index in [4.69, 9.17) is 5.73 Å². The zero-order valence-electron chi connectivity index (χ0n) is 20.3. The molecule has 2 aliphatic rings. The third-order valence-electron chi connectivity index (χ3n) is 7.59. The molecule has 0 aromatic heterocycles. The van der Waals surface area contributed by atoms with Crippen LogP contribution in [0.15, 0.2) is 46.9 Å². The molecule has 1 atom stereocenters. The number of nitrogens with zero attached hydrogens (tertiary/aromatic N) is 1. The molecule has 6 nitrogen and oxygen atoms in total. The Labute approximate surface area is 215 Å². The van der Waals surface area contributed by atoms with Crippen LogP contribution in [0.25, 0.3) is 0 Å². The SMILES string of the molecule is CC1(C)CN(C(=O)C2CCC(CN)CC2)C(C(=O)Cc2ccc(C(=O)O)cc2)c2cccc(Br)c21. The van der Waals surface area contributed by atoms with Gasteiger partial charge in [0.1, 0.15) is 6.04 Å². The van der Waals surface area contributed by atoms with Crippen LogP contribution in [0.5, 0.6) is 0 Å². The zero-order chi connectivity index (χ0) is 25.3. The maximum atomic E-state index is 13.9. The van der Waals surface area contributed by atoms with Crippen molar-refractivity contribution in [2.24, 2.45) is 17.6 Å². The Morgan fingerprint density at radius 3 is 2.31 bits per heavy atom. The summed E-state index contributed by atoms with van der Waals surface area (Å²) in [6, 6.07) is 11.6. The number of nitrogens with two attached hydrogens (primary N) is 1. The summed E-state index contributed by atoms with van der Waals surface area (Å²) >= 11 is 3.69. The lowest BCUT2D eigenvalue weighted by atomic mass is 9.73. The number of halogens is 1. The second-order valence-corrected chi connectivity index (χ2v) is 11.4. The average Bonchev–Trinajstić information content (AvgIpc) is 2.83. The van der Waals surface area contributed by atoms with E-state index in [0.29, 0.717) is 19.0 Å². The van der Waals surface area contributed by atoms with Crippen LogP contribution in [0.1, 0.15) is 72.6 Å². The van der Waals surface area contributed by atoms with Crippen molar-refractivity contribution in [1.82, 2.24) is 4.90 Å². The van der Waals surface area contributed by atoms with Gasteiger partial charge in [0.05, 0.1) is 5.56 Å². The van der Waals surface area contributed by atoms with Gasteiger partial charge in [0.25, 0.3) is 0 Å². The minimum absolute atomic E-state index is 0.0544. The Kier molecular flexibility index (Phi) is 7.48. The predicted octanol–water partition coefficient (Wildman–Crippen LogP) is 4.89. The second-order valence-electron chi connectivity index (χ2n) is 10.6. The molecule has 1 fully saturated rings. The molecule has 1 saturated carbocycles. The summed E-state index contributed by atoms with van der Waals surface area (Å²) < 4.78 is 0.944. The molecule has 0 saturated heterocycles. The highest BCUT2D eigenvalue weighted by Gasteiger charge is 2.45. The lowest BCUT2D eigenvalue weighted by Crippen LogP contribution is -2.52. The Balaban J connectivity index is 1.68. The molecule has 2 aromatic carbocycles. The molecule has 0 bridgehead atoms. The largest absolute Gasteiger partial charge is 0.478 e. The van der Waals surface area contributed by atoms with Crippen molar-refractivity contribution in [3.8, 4) is 0 Å². The van der Waals surface area contributed by atoms with Gasteiger partial charge >= 0.3 is 5.97 Å². The normalized spacial score (nSPS) is 23.4. The molecule has 1 unspecified atom stereocenters. The molecule has 1 heterocycles. The summed E-state index contributed by atoms with van der Waals surface area (Å²) in [6.45, 7) is 5.36. The second kappa shape index (κ2) is 10.2.